The fourth-order valence-electron chi connectivity index (χ4n) is 1.70. The topological polar surface area (TPSA) is 91.7 Å². The van der Waals surface area contributed by atoms with Crippen LogP contribution in [0.4, 0.5) is 0 Å². The van der Waals surface area contributed by atoms with Gasteiger partial charge in [0.2, 0.25) is 0 Å². The molecule has 0 aliphatic carbocycles. The van der Waals surface area contributed by atoms with E-state index in [1.807, 2.05) is 0 Å². The lowest BCUT2D eigenvalue weighted by atomic mass is 10.1. The predicted molar refractivity (Wildman–Crippen MR) is 66.5 cm³/mol. The van der Waals surface area contributed by atoms with Gasteiger partial charge >= 0.3 is 5.97 Å². The normalized spacial score (nSPS) is 11.4. The molecule has 0 heterocycles. The van der Waals surface area contributed by atoms with Gasteiger partial charge in [0.1, 0.15) is 0 Å². The van der Waals surface area contributed by atoms with E-state index in [4.69, 9.17) is 10.2 Å². The third-order valence-electron chi connectivity index (χ3n) is 2.67. The largest absolute Gasteiger partial charge is 0.478 e. The lowest BCUT2D eigenvalue weighted by molar-refractivity contribution is 0.0696. The van der Waals surface area contributed by atoms with Gasteiger partial charge in [0.15, 0.2) is 9.84 Å². The molecule has 0 aliphatic heterocycles. The van der Waals surface area contributed by atoms with E-state index in [0.717, 1.165) is 0 Å². The Labute approximate surface area is 106 Å². The molecule has 100 valence electrons. The molecule has 0 atom stereocenters. The molecule has 1 aromatic carbocycles. The molecule has 6 heteroatoms. The second kappa shape index (κ2) is 5.97. The number of hydrogen-bond acceptors (Lipinski definition) is 4. The van der Waals surface area contributed by atoms with E-state index in [0.29, 0.717) is 12.8 Å². The lowest BCUT2D eigenvalue weighted by Crippen LogP contribution is -2.11. The van der Waals surface area contributed by atoms with Gasteiger partial charge in [-0.3, -0.25) is 0 Å². The molecule has 0 saturated heterocycles. The summed E-state index contributed by atoms with van der Waals surface area (Å²) in [6.07, 6.45) is 0.770. The van der Waals surface area contributed by atoms with Crippen LogP contribution in [-0.2, 0) is 9.84 Å². The highest BCUT2D eigenvalue weighted by Crippen LogP contribution is 2.21. The zero-order chi connectivity index (χ0) is 13.8. The summed E-state index contributed by atoms with van der Waals surface area (Å²) in [4.78, 5) is 11.0. The van der Waals surface area contributed by atoms with Gasteiger partial charge in [0, 0.05) is 6.61 Å². The van der Waals surface area contributed by atoms with Crippen LogP contribution in [0.5, 0.6) is 0 Å². The van der Waals surface area contributed by atoms with Crippen molar-refractivity contribution < 1.29 is 23.4 Å². The lowest BCUT2D eigenvalue weighted by Gasteiger charge is -2.09. The van der Waals surface area contributed by atoms with Crippen LogP contribution in [0.3, 0.4) is 0 Å². The Kier molecular flexibility index (Phi) is 4.86. The van der Waals surface area contributed by atoms with Crippen molar-refractivity contribution >= 4 is 15.8 Å². The molecule has 18 heavy (non-hydrogen) atoms. The molecule has 2 N–H and O–H groups in total. The number of aliphatic hydroxyl groups excluding tert-OH is 1. The molecule has 0 saturated carbocycles. The molecule has 0 aliphatic rings. The molecular weight excluding hydrogens is 256 g/mol. The first-order chi connectivity index (χ1) is 8.40. The highest BCUT2D eigenvalue weighted by Gasteiger charge is 2.20. The van der Waals surface area contributed by atoms with Crippen LogP contribution >= 0.6 is 0 Å². The van der Waals surface area contributed by atoms with Crippen molar-refractivity contribution in [3.05, 3.63) is 29.3 Å². The van der Waals surface area contributed by atoms with Crippen molar-refractivity contribution in [1.82, 2.24) is 0 Å². The van der Waals surface area contributed by atoms with E-state index in [-0.39, 0.29) is 28.4 Å². The SMILES string of the molecule is Cc1c(C(=O)O)cccc1S(=O)(=O)CCCCO. The quantitative estimate of drug-likeness (QED) is 0.760. The van der Waals surface area contributed by atoms with Crippen LogP contribution in [-0.4, -0.2) is 37.0 Å². The Morgan fingerprint density at radius 2 is 1.94 bits per heavy atom. The number of sulfone groups is 1. The van der Waals surface area contributed by atoms with Crippen molar-refractivity contribution in [2.75, 3.05) is 12.4 Å². The Bertz CT molecular complexity index is 533. The van der Waals surface area contributed by atoms with Gasteiger partial charge in [-0.25, -0.2) is 13.2 Å². The van der Waals surface area contributed by atoms with Gasteiger partial charge in [-0.05, 0) is 37.5 Å². The minimum atomic E-state index is -3.49. The Morgan fingerprint density at radius 3 is 2.50 bits per heavy atom. The first kappa shape index (κ1) is 14.7. The van der Waals surface area contributed by atoms with Crippen LogP contribution in [0.2, 0.25) is 0 Å². The molecule has 0 bridgehead atoms. The van der Waals surface area contributed by atoms with E-state index in [2.05, 4.69) is 0 Å². The average Bonchev–Trinajstić information content (AvgIpc) is 2.28. The van der Waals surface area contributed by atoms with Gasteiger partial charge < -0.3 is 10.2 Å². The van der Waals surface area contributed by atoms with Crippen molar-refractivity contribution in [1.29, 1.82) is 0 Å². The average molecular weight is 272 g/mol. The molecule has 0 amide bonds. The van der Waals surface area contributed by atoms with Crippen LogP contribution in [0.25, 0.3) is 0 Å². The number of carboxylic acids is 1. The van der Waals surface area contributed by atoms with Crippen molar-refractivity contribution in [2.24, 2.45) is 0 Å². The predicted octanol–water partition coefficient (Wildman–Crippen LogP) is 1.24. The molecule has 0 fully saturated rings. The maximum absolute atomic E-state index is 12.0. The number of aliphatic hydroxyl groups is 1. The summed E-state index contributed by atoms with van der Waals surface area (Å²) in [6, 6.07) is 4.22. The number of hydrogen-bond donors (Lipinski definition) is 2. The van der Waals surface area contributed by atoms with Crippen LogP contribution < -0.4 is 0 Å². The molecule has 1 aromatic rings. The maximum Gasteiger partial charge on any atom is 0.335 e. The van der Waals surface area contributed by atoms with E-state index in [9.17, 15) is 13.2 Å². The summed E-state index contributed by atoms with van der Waals surface area (Å²) in [5, 5.41) is 17.6. The third kappa shape index (κ3) is 3.30. The van der Waals surface area contributed by atoms with E-state index in [1.54, 1.807) is 0 Å². The zero-order valence-electron chi connectivity index (χ0n) is 10.1. The van der Waals surface area contributed by atoms with Crippen LogP contribution in [0.15, 0.2) is 23.1 Å². The smallest absolute Gasteiger partial charge is 0.335 e. The Morgan fingerprint density at radius 1 is 1.28 bits per heavy atom. The minimum absolute atomic E-state index is 0.00164. The molecule has 0 unspecified atom stereocenters. The summed E-state index contributed by atoms with van der Waals surface area (Å²) in [7, 11) is -3.49. The third-order valence-corrected chi connectivity index (χ3v) is 4.61. The standard InChI is InChI=1S/C12H16O5S/c1-9-10(12(14)15)5-4-6-11(9)18(16,17)8-3-2-7-13/h4-6,13H,2-3,7-8H2,1H3,(H,14,15). The minimum Gasteiger partial charge on any atom is -0.478 e. The molecule has 0 spiro atoms. The first-order valence-corrected chi connectivity index (χ1v) is 7.22. The van der Waals surface area contributed by atoms with Crippen LogP contribution in [0.1, 0.15) is 28.8 Å². The zero-order valence-corrected chi connectivity index (χ0v) is 10.9. The van der Waals surface area contributed by atoms with E-state index in [1.165, 1.54) is 25.1 Å². The molecule has 0 aromatic heterocycles. The summed E-state index contributed by atoms with van der Waals surface area (Å²) in [5.74, 6) is -1.22. The number of aromatic carboxylic acids is 1. The molecule has 0 radical (unpaired) electrons. The summed E-state index contributed by atoms with van der Waals surface area (Å²) < 4.78 is 24.1. The number of rotatable bonds is 6. The monoisotopic (exact) mass is 272 g/mol. The van der Waals surface area contributed by atoms with Gasteiger partial charge in [0.05, 0.1) is 16.2 Å². The Hall–Kier alpha value is -1.40. The maximum atomic E-state index is 12.0. The van der Waals surface area contributed by atoms with Gasteiger partial charge in [-0.2, -0.15) is 0 Å². The summed E-state index contributed by atoms with van der Waals surface area (Å²) >= 11 is 0. The van der Waals surface area contributed by atoms with Crippen molar-refractivity contribution in [3.8, 4) is 0 Å². The number of benzene rings is 1. The molecule has 1 rings (SSSR count). The highest BCUT2D eigenvalue weighted by molar-refractivity contribution is 7.91. The van der Waals surface area contributed by atoms with Crippen molar-refractivity contribution in [3.63, 3.8) is 0 Å². The highest BCUT2D eigenvalue weighted by atomic mass is 32.2. The number of carboxylic acid groups (broad SMARTS) is 1. The fraction of sp³-hybridized carbons (Fsp3) is 0.417. The molecular formula is C12H16O5S. The van der Waals surface area contributed by atoms with Gasteiger partial charge in [0.25, 0.3) is 0 Å². The second-order valence-electron chi connectivity index (χ2n) is 3.98. The Balaban J connectivity index is 3.09. The number of unbranched alkanes of at least 4 members (excludes halogenated alkanes) is 1. The summed E-state index contributed by atoms with van der Waals surface area (Å²) in [5.41, 5.74) is 0.257. The van der Waals surface area contributed by atoms with E-state index < -0.39 is 15.8 Å². The van der Waals surface area contributed by atoms with Crippen LogP contribution in [0, 0.1) is 6.92 Å². The van der Waals surface area contributed by atoms with Gasteiger partial charge in [-0.15, -0.1) is 0 Å². The van der Waals surface area contributed by atoms with E-state index >= 15 is 0 Å². The second-order valence-corrected chi connectivity index (χ2v) is 6.06. The summed E-state index contributed by atoms with van der Waals surface area (Å²) in [6.45, 7) is 1.44. The number of carbonyl (C=O) groups is 1. The fourth-order valence-corrected chi connectivity index (χ4v) is 3.36. The first-order valence-electron chi connectivity index (χ1n) is 5.56. The van der Waals surface area contributed by atoms with Gasteiger partial charge in [-0.1, -0.05) is 6.07 Å². The molecule has 5 nitrogen and oxygen atoms in total. The van der Waals surface area contributed by atoms with Crippen molar-refractivity contribution in [2.45, 2.75) is 24.7 Å².